The largest absolute Gasteiger partial charge is 0.308 e. The third-order valence-electron chi connectivity index (χ3n) is 3.75. The predicted molar refractivity (Wildman–Crippen MR) is 116 cm³/mol. The second-order valence-electron chi connectivity index (χ2n) is 6.51. The first kappa shape index (κ1) is 21.4. The first-order valence-electron chi connectivity index (χ1n) is 8.49. The SMILES string of the molecule is CC(=O)Nc1nc2ccc(-c3cnc(Cl)c(NS(=O)(=O)CCN(C)C)c3)nc2s1. The van der Waals surface area contributed by atoms with E-state index in [0.717, 1.165) is 0 Å². The van der Waals surface area contributed by atoms with Gasteiger partial charge in [-0.25, -0.2) is 23.4 Å². The van der Waals surface area contributed by atoms with E-state index in [1.807, 2.05) is 0 Å². The van der Waals surface area contributed by atoms with Gasteiger partial charge in [0.15, 0.2) is 10.3 Å². The molecule has 3 heterocycles. The molecule has 1 amide bonds. The summed E-state index contributed by atoms with van der Waals surface area (Å²) in [5, 5.41) is 3.14. The van der Waals surface area contributed by atoms with Crippen molar-refractivity contribution in [2.45, 2.75) is 6.92 Å². The molecule has 3 aromatic rings. The molecule has 0 radical (unpaired) electrons. The van der Waals surface area contributed by atoms with Gasteiger partial charge in [-0.1, -0.05) is 22.9 Å². The van der Waals surface area contributed by atoms with Gasteiger partial charge in [0.1, 0.15) is 10.3 Å². The number of anilines is 2. The number of rotatable bonds is 7. The number of halogens is 1. The number of pyridine rings is 2. The van der Waals surface area contributed by atoms with E-state index in [4.69, 9.17) is 11.6 Å². The summed E-state index contributed by atoms with van der Waals surface area (Å²) >= 11 is 7.33. The van der Waals surface area contributed by atoms with E-state index in [0.29, 0.717) is 33.3 Å². The Kier molecular flexibility index (Phi) is 6.32. The van der Waals surface area contributed by atoms with Gasteiger partial charge in [-0.3, -0.25) is 9.52 Å². The van der Waals surface area contributed by atoms with Crippen LogP contribution >= 0.6 is 22.9 Å². The maximum Gasteiger partial charge on any atom is 0.234 e. The van der Waals surface area contributed by atoms with Crippen molar-refractivity contribution < 1.29 is 13.2 Å². The summed E-state index contributed by atoms with van der Waals surface area (Å²) in [5.41, 5.74) is 2.01. The number of carbonyl (C=O) groups is 1. The van der Waals surface area contributed by atoms with Crippen molar-refractivity contribution in [2.75, 3.05) is 36.4 Å². The van der Waals surface area contributed by atoms with Crippen LogP contribution < -0.4 is 10.0 Å². The zero-order chi connectivity index (χ0) is 21.2. The molecule has 0 bridgehead atoms. The number of sulfonamides is 1. The quantitative estimate of drug-likeness (QED) is 0.527. The van der Waals surface area contributed by atoms with E-state index in [-0.39, 0.29) is 22.5 Å². The van der Waals surface area contributed by atoms with Gasteiger partial charge in [0.25, 0.3) is 0 Å². The van der Waals surface area contributed by atoms with E-state index in [1.165, 1.54) is 24.5 Å². The van der Waals surface area contributed by atoms with Gasteiger partial charge >= 0.3 is 0 Å². The zero-order valence-electron chi connectivity index (χ0n) is 15.9. The second kappa shape index (κ2) is 8.57. The standard InChI is InChI=1S/C17H19ClN6O3S2/c1-10(25)20-17-22-13-5-4-12(21-16(13)28-17)11-8-14(15(18)19-9-11)23-29(26,27)7-6-24(2)3/h4-5,8-9,23H,6-7H2,1-3H3,(H,20,22,25). The molecule has 0 unspecified atom stereocenters. The van der Waals surface area contributed by atoms with Crippen LogP contribution in [-0.4, -0.2) is 60.6 Å². The third-order valence-corrected chi connectivity index (χ3v) is 6.18. The average Bonchev–Trinajstić information content (AvgIpc) is 3.02. The first-order chi connectivity index (χ1) is 13.6. The van der Waals surface area contributed by atoms with Crippen molar-refractivity contribution >= 4 is 60.0 Å². The number of nitrogens with zero attached hydrogens (tertiary/aromatic N) is 4. The second-order valence-corrected chi connectivity index (χ2v) is 9.68. The van der Waals surface area contributed by atoms with Crippen LogP contribution in [0.1, 0.15) is 6.92 Å². The minimum atomic E-state index is -3.58. The van der Waals surface area contributed by atoms with Crippen molar-refractivity contribution in [1.29, 1.82) is 0 Å². The molecule has 0 saturated carbocycles. The zero-order valence-corrected chi connectivity index (χ0v) is 18.3. The first-order valence-corrected chi connectivity index (χ1v) is 11.3. The summed E-state index contributed by atoms with van der Waals surface area (Å²) in [6.45, 7) is 1.78. The van der Waals surface area contributed by atoms with Crippen LogP contribution in [0.2, 0.25) is 5.15 Å². The van der Waals surface area contributed by atoms with Crippen molar-refractivity contribution in [3.8, 4) is 11.3 Å². The lowest BCUT2D eigenvalue weighted by atomic mass is 10.2. The Morgan fingerprint density at radius 3 is 2.72 bits per heavy atom. The van der Waals surface area contributed by atoms with E-state index >= 15 is 0 Å². The van der Waals surface area contributed by atoms with Gasteiger partial charge in [-0.15, -0.1) is 0 Å². The molecule has 9 nitrogen and oxygen atoms in total. The maximum atomic E-state index is 12.3. The number of hydrogen-bond donors (Lipinski definition) is 2. The highest BCUT2D eigenvalue weighted by atomic mass is 35.5. The molecule has 0 aliphatic rings. The molecule has 3 rings (SSSR count). The van der Waals surface area contributed by atoms with Crippen LogP contribution in [0.25, 0.3) is 21.6 Å². The Morgan fingerprint density at radius 2 is 2.03 bits per heavy atom. The lowest BCUT2D eigenvalue weighted by molar-refractivity contribution is -0.114. The molecule has 0 saturated heterocycles. The summed E-state index contributed by atoms with van der Waals surface area (Å²) in [4.78, 5) is 26.5. The Morgan fingerprint density at radius 1 is 1.28 bits per heavy atom. The Balaban J connectivity index is 1.89. The molecule has 154 valence electrons. The number of amides is 1. The fraction of sp³-hybridized carbons (Fsp3) is 0.294. The van der Waals surface area contributed by atoms with Crippen molar-refractivity contribution in [3.63, 3.8) is 0 Å². The molecular weight excluding hydrogens is 436 g/mol. The summed E-state index contributed by atoms with van der Waals surface area (Å²) in [7, 11) is 0.0111. The molecule has 12 heteroatoms. The number of carbonyl (C=O) groups excluding carboxylic acids is 1. The predicted octanol–water partition coefficient (Wildman–Crippen LogP) is 2.67. The van der Waals surface area contributed by atoms with E-state index in [9.17, 15) is 13.2 Å². The summed E-state index contributed by atoms with van der Waals surface area (Å²) < 4.78 is 27.1. The van der Waals surface area contributed by atoms with Gasteiger partial charge in [-0.05, 0) is 32.3 Å². The number of aromatic nitrogens is 3. The van der Waals surface area contributed by atoms with Crippen LogP contribution in [0.15, 0.2) is 24.4 Å². The van der Waals surface area contributed by atoms with Gasteiger partial charge in [0.05, 0.1) is 17.1 Å². The highest BCUT2D eigenvalue weighted by Gasteiger charge is 2.16. The highest BCUT2D eigenvalue weighted by molar-refractivity contribution is 7.92. The van der Waals surface area contributed by atoms with Crippen LogP contribution in [0.5, 0.6) is 0 Å². The number of thiazole rings is 1. The molecule has 0 spiro atoms. The van der Waals surface area contributed by atoms with Crippen molar-refractivity contribution in [3.05, 3.63) is 29.5 Å². The minimum absolute atomic E-state index is 0.0500. The van der Waals surface area contributed by atoms with Gasteiger partial charge < -0.3 is 10.2 Å². The molecule has 0 fully saturated rings. The van der Waals surface area contributed by atoms with Gasteiger partial charge in [0, 0.05) is 25.2 Å². The smallest absolute Gasteiger partial charge is 0.234 e. The van der Waals surface area contributed by atoms with Crippen LogP contribution in [0.4, 0.5) is 10.8 Å². The van der Waals surface area contributed by atoms with Crippen LogP contribution in [0, 0.1) is 0 Å². The maximum absolute atomic E-state index is 12.3. The monoisotopic (exact) mass is 454 g/mol. The van der Waals surface area contributed by atoms with Gasteiger partial charge in [-0.2, -0.15) is 0 Å². The van der Waals surface area contributed by atoms with Crippen molar-refractivity contribution in [1.82, 2.24) is 19.9 Å². The molecule has 0 aromatic carbocycles. The molecular formula is C17H19ClN6O3S2. The summed E-state index contributed by atoms with van der Waals surface area (Å²) in [6, 6.07) is 5.11. The van der Waals surface area contributed by atoms with Crippen LogP contribution in [0.3, 0.4) is 0 Å². The Bertz CT molecular complexity index is 1160. The summed E-state index contributed by atoms with van der Waals surface area (Å²) in [5.74, 6) is -0.283. The molecule has 0 aliphatic carbocycles. The van der Waals surface area contributed by atoms with E-state index < -0.39 is 10.0 Å². The molecule has 2 N–H and O–H groups in total. The number of hydrogen-bond acceptors (Lipinski definition) is 8. The lowest BCUT2D eigenvalue weighted by Gasteiger charge is -2.13. The van der Waals surface area contributed by atoms with E-state index in [1.54, 1.807) is 37.2 Å². The average molecular weight is 455 g/mol. The Labute approximate surface area is 177 Å². The van der Waals surface area contributed by atoms with E-state index in [2.05, 4.69) is 25.0 Å². The minimum Gasteiger partial charge on any atom is -0.308 e. The third kappa shape index (κ3) is 5.60. The number of fused-ring (bicyclic) bond motifs is 1. The molecule has 29 heavy (non-hydrogen) atoms. The highest BCUT2D eigenvalue weighted by Crippen LogP contribution is 2.30. The lowest BCUT2D eigenvalue weighted by Crippen LogP contribution is -2.26. The molecule has 0 atom stereocenters. The number of nitrogens with one attached hydrogen (secondary N) is 2. The normalized spacial score (nSPS) is 11.8. The molecule has 0 aliphatic heterocycles. The fourth-order valence-electron chi connectivity index (χ4n) is 2.36. The van der Waals surface area contributed by atoms with Crippen molar-refractivity contribution in [2.24, 2.45) is 0 Å². The molecule has 3 aromatic heterocycles. The summed E-state index contributed by atoms with van der Waals surface area (Å²) in [6.07, 6.45) is 1.52. The Hall–Kier alpha value is -2.34. The van der Waals surface area contributed by atoms with Crippen LogP contribution in [-0.2, 0) is 14.8 Å². The topological polar surface area (TPSA) is 117 Å². The van der Waals surface area contributed by atoms with Gasteiger partial charge in [0.2, 0.25) is 15.9 Å². The fourth-order valence-corrected chi connectivity index (χ4v) is 4.65.